The van der Waals surface area contributed by atoms with Crippen molar-refractivity contribution in [2.45, 2.75) is 50.4 Å². The average Bonchev–Trinajstić information content (AvgIpc) is 3.30. The summed E-state index contributed by atoms with van der Waals surface area (Å²) in [5, 5.41) is 3.09. The van der Waals surface area contributed by atoms with Crippen LogP contribution < -0.4 is 15.6 Å². The monoisotopic (exact) mass is 395 g/mol. The molecule has 2 amide bonds. The standard InChI is InChI=1S/C22H25N3O4/c1-29-19-7-3-2-6-16(19)22(28)25-15-9-10-18(25)17(14-15)23-20(26)11-13-24-12-5-4-8-21(24)27/h2-8,12,15,17-18H,9-11,13-14H2,1H3,(H,23,26)/t15-,17+,18+/m1/s1. The van der Waals surface area contributed by atoms with Crippen LogP contribution in [0.25, 0.3) is 0 Å². The number of aromatic nitrogens is 1. The number of fused-ring (bicyclic) bond motifs is 2. The number of nitrogens with zero attached hydrogens (tertiary/aromatic N) is 2. The first-order valence-corrected chi connectivity index (χ1v) is 9.99. The van der Waals surface area contributed by atoms with Crippen molar-refractivity contribution in [3.8, 4) is 5.75 Å². The molecule has 0 unspecified atom stereocenters. The van der Waals surface area contributed by atoms with Gasteiger partial charge in [0.15, 0.2) is 0 Å². The SMILES string of the molecule is COc1ccccc1C(=O)N1[C@@H]2CC[C@H]1[C@@H](NC(=O)CCn1ccccc1=O)C2. The van der Waals surface area contributed by atoms with E-state index >= 15 is 0 Å². The molecule has 2 aliphatic rings. The number of rotatable bonds is 6. The molecule has 7 heteroatoms. The number of carbonyl (C=O) groups excluding carboxylic acids is 2. The van der Waals surface area contributed by atoms with Crippen molar-refractivity contribution in [2.75, 3.05) is 7.11 Å². The highest BCUT2D eigenvalue weighted by atomic mass is 16.5. The van der Waals surface area contributed by atoms with Gasteiger partial charge in [-0.1, -0.05) is 18.2 Å². The molecule has 1 N–H and O–H groups in total. The van der Waals surface area contributed by atoms with Gasteiger partial charge in [-0.05, 0) is 37.5 Å². The number of ether oxygens (including phenoxy) is 1. The predicted molar refractivity (Wildman–Crippen MR) is 108 cm³/mol. The van der Waals surface area contributed by atoms with Crippen molar-refractivity contribution in [1.82, 2.24) is 14.8 Å². The summed E-state index contributed by atoms with van der Waals surface area (Å²) in [5.74, 6) is 0.434. The Kier molecular flexibility index (Phi) is 5.38. The fraction of sp³-hybridized carbons (Fsp3) is 0.409. The van der Waals surface area contributed by atoms with Gasteiger partial charge in [-0.25, -0.2) is 0 Å². The van der Waals surface area contributed by atoms with Crippen LogP contribution in [0.2, 0.25) is 0 Å². The number of hydrogen-bond acceptors (Lipinski definition) is 4. The van der Waals surface area contributed by atoms with Crippen LogP contribution in [0.1, 0.15) is 36.0 Å². The summed E-state index contributed by atoms with van der Waals surface area (Å²) in [6.07, 6.45) is 4.52. The van der Waals surface area contributed by atoms with Crippen molar-refractivity contribution in [2.24, 2.45) is 0 Å². The Labute approximate surface area is 169 Å². The molecule has 0 radical (unpaired) electrons. The lowest BCUT2D eigenvalue weighted by molar-refractivity contribution is -0.122. The number of nitrogens with one attached hydrogen (secondary N) is 1. The van der Waals surface area contributed by atoms with Crippen LogP contribution in [0.4, 0.5) is 0 Å². The Balaban J connectivity index is 1.40. The van der Waals surface area contributed by atoms with Crippen LogP contribution >= 0.6 is 0 Å². The minimum atomic E-state index is -0.117. The lowest BCUT2D eigenvalue weighted by Gasteiger charge is -2.25. The average molecular weight is 395 g/mol. The zero-order valence-electron chi connectivity index (χ0n) is 16.4. The fourth-order valence-corrected chi connectivity index (χ4v) is 4.57. The maximum Gasteiger partial charge on any atom is 0.258 e. The maximum absolute atomic E-state index is 13.2. The van der Waals surface area contributed by atoms with Crippen LogP contribution in [-0.4, -0.2) is 46.5 Å². The summed E-state index contributed by atoms with van der Waals surface area (Å²) in [5.41, 5.74) is 0.441. The van der Waals surface area contributed by atoms with Gasteiger partial charge in [0, 0.05) is 31.3 Å². The molecule has 1 aromatic carbocycles. The number of benzene rings is 1. The van der Waals surface area contributed by atoms with Crippen molar-refractivity contribution in [3.63, 3.8) is 0 Å². The molecular formula is C22H25N3O4. The largest absolute Gasteiger partial charge is 0.496 e. The van der Waals surface area contributed by atoms with Crippen LogP contribution in [0, 0.1) is 0 Å². The molecule has 7 nitrogen and oxygen atoms in total. The zero-order chi connectivity index (χ0) is 20.4. The highest BCUT2D eigenvalue weighted by Gasteiger charge is 2.49. The first-order chi connectivity index (χ1) is 14.1. The van der Waals surface area contributed by atoms with E-state index in [0.29, 0.717) is 17.9 Å². The topological polar surface area (TPSA) is 80.6 Å². The van der Waals surface area contributed by atoms with Gasteiger partial charge in [0.05, 0.1) is 24.8 Å². The summed E-state index contributed by atoms with van der Waals surface area (Å²) >= 11 is 0. The first kappa shape index (κ1) is 19.2. The second-order valence-electron chi connectivity index (χ2n) is 7.60. The molecule has 4 rings (SSSR count). The van der Waals surface area contributed by atoms with Gasteiger partial charge in [-0.15, -0.1) is 0 Å². The van der Waals surface area contributed by atoms with E-state index in [2.05, 4.69) is 5.32 Å². The Morgan fingerprint density at radius 2 is 1.93 bits per heavy atom. The highest BCUT2D eigenvalue weighted by Crippen LogP contribution is 2.39. The maximum atomic E-state index is 13.2. The van der Waals surface area contributed by atoms with E-state index in [1.807, 2.05) is 17.0 Å². The van der Waals surface area contributed by atoms with E-state index in [9.17, 15) is 14.4 Å². The summed E-state index contributed by atoms with van der Waals surface area (Å²) in [7, 11) is 1.56. The first-order valence-electron chi connectivity index (χ1n) is 9.99. The van der Waals surface area contributed by atoms with E-state index < -0.39 is 0 Å². The van der Waals surface area contributed by atoms with Gasteiger partial charge in [-0.2, -0.15) is 0 Å². The summed E-state index contributed by atoms with van der Waals surface area (Å²) in [6, 6.07) is 12.3. The van der Waals surface area contributed by atoms with Gasteiger partial charge in [0.2, 0.25) is 5.91 Å². The van der Waals surface area contributed by atoms with Crippen LogP contribution in [-0.2, 0) is 11.3 Å². The summed E-state index contributed by atoms with van der Waals surface area (Å²) < 4.78 is 6.87. The molecule has 3 heterocycles. The third-order valence-corrected chi connectivity index (χ3v) is 5.93. The van der Waals surface area contributed by atoms with E-state index in [1.54, 1.807) is 37.6 Å². The molecule has 2 aromatic rings. The van der Waals surface area contributed by atoms with Gasteiger partial charge in [0.1, 0.15) is 5.75 Å². The molecule has 2 aliphatic heterocycles. The van der Waals surface area contributed by atoms with Crippen molar-refractivity contribution < 1.29 is 14.3 Å². The van der Waals surface area contributed by atoms with Gasteiger partial charge in [0.25, 0.3) is 11.5 Å². The molecule has 3 atom stereocenters. The molecule has 0 spiro atoms. The molecule has 0 saturated carbocycles. The highest BCUT2D eigenvalue weighted by molar-refractivity contribution is 5.97. The molecule has 152 valence electrons. The summed E-state index contributed by atoms with van der Waals surface area (Å²) in [4.78, 5) is 39.3. The smallest absolute Gasteiger partial charge is 0.258 e. The Morgan fingerprint density at radius 3 is 2.72 bits per heavy atom. The molecule has 0 aliphatic carbocycles. The molecular weight excluding hydrogens is 370 g/mol. The quantitative estimate of drug-likeness (QED) is 0.809. The van der Waals surface area contributed by atoms with Crippen LogP contribution in [0.5, 0.6) is 5.75 Å². The van der Waals surface area contributed by atoms with E-state index in [1.165, 1.54) is 10.6 Å². The number of carbonyl (C=O) groups is 2. The number of aryl methyl sites for hydroxylation is 1. The lowest BCUT2D eigenvalue weighted by atomic mass is 9.95. The van der Waals surface area contributed by atoms with Gasteiger partial charge in [-0.3, -0.25) is 14.4 Å². The predicted octanol–water partition coefficient (Wildman–Crippen LogP) is 1.81. The third kappa shape index (κ3) is 3.77. The second kappa shape index (κ2) is 8.11. The van der Waals surface area contributed by atoms with E-state index in [0.717, 1.165) is 19.3 Å². The van der Waals surface area contributed by atoms with Gasteiger partial charge < -0.3 is 19.5 Å². The van der Waals surface area contributed by atoms with Gasteiger partial charge >= 0.3 is 0 Å². The van der Waals surface area contributed by atoms with Crippen molar-refractivity contribution >= 4 is 11.8 Å². The van der Waals surface area contributed by atoms with Crippen molar-refractivity contribution in [1.29, 1.82) is 0 Å². The second-order valence-corrected chi connectivity index (χ2v) is 7.60. The third-order valence-electron chi connectivity index (χ3n) is 5.93. The fourth-order valence-electron chi connectivity index (χ4n) is 4.57. The van der Waals surface area contributed by atoms with Crippen molar-refractivity contribution in [3.05, 3.63) is 64.6 Å². The molecule has 2 bridgehead atoms. The minimum absolute atomic E-state index is 0.000750. The molecule has 2 fully saturated rings. The lowest BCUT2D eigenvalue weighted by Crippen LogP contribution is -2.45. The number of methoxy groups -OCH3 is 1. The number of pyridine rings is 1. The number of hydrogen-bond donors (Lipinski definition) is 1. The molecule has 2 saturated heterocycles. The van der Waals surface area contributed by atoms with Crippen LogP contribution in [0.15, 0.2) is 53.5 Å². The Bertz CT molecular complexity index is 970. The summed E-state index contributed by atoms with van der Waals surface area (Å²) in [6.45, 7) is 0.343. The van der Waals surface area contributed by atoms with E-state index in [-0.39, 0.29) is 41.9 Å². The molecule has 1 aromatic heterocycles. The van der Waals surface area contributed by atoms with Crippen LogP contribution in [0.3, 0.4) is 0 Å². The minimum Gasteiger partial charge on any atom is -0.496 e. The number of para-hydroxylation sites is 1. The number of amides is 2. The Morgan fingerprint density at radius 1 is 1.14 bits per heavy atom. The van der Waals surface area contributed by atoms with E-state index in [4.69, 9.17) is 4.74 Å². The zero-order valence-corrected chi connectivity index (χ0v) is 16.4. The molecule has 29 heavy (non-hydrogen) atoms. The Hall–Kier alpha value is -3.09. The normalized spacial score (nSPS) is 22.5.